The molecule has 2 heterocycles. The molecule has 2 atom stereocenters. The summed E-state index contributed by atoms with van der Waals surface area (Å²) in [5.41, 5.74) is 2.41. The second kappa shape index (κ2) is 9.69. The normalized spacial score (nSPS) is 19.9. The van der Waals surface area contributed by atoms with Crippen LogP contribution in [0.5, 0.6) is 11.5 Å². The monoisotopic (exact) mass is 443 g/mol. The van der Waals surface area contributed by atoms with Gasteiger partial charge >= 0.3 is 6.03 Å². The van der Waals surface area contributed by atoms with Crippen molar-refractivity contribution in [3.05, 3.63) is 53.1 Å². The first kappa shape index (κ1) is 21.6. The molecule has 0 radical (unpaired) electrons. The van der Waals surface area contributed by atoms with E-state index in [4.69, 9.17) is 21.1 Å². The van der Waals surface area contributed by atoms with Crippen molar-refractivity contribution in [2.24, 2.45) is 5.92 Å². The van der Waals surface area contributed by atoms with Crippen molar-refractivity contribution in [3.63, 3.8) is 0 Å². The maximum Gasteiger partial charge on any atom is 0.317 e. The van der Waals surface area contributed by atoms with Crippen molar-refractivity contribution in [3.8, 4) is 11.5 Å². The van der Waals surface area contributed by atoms with Crippen LogP contribution in [0.25, 0.3) is 0 Å². The standard InChI is InChI=1S/C24H30ClN3O3/c1-3-27(15-20-16-30-22-6-4-5-7-23(22)31-20)24(29)26-13-18-10-11-28(14-18)21-12-19(25)9-8-17(21)2/h4-9,12,18,20H,3,10-11,13-16H2,1-2H3,(H,26,29). The minimum Gasteiger partial charge on any atom is -0.486 e. The second-order valence-corrected chi connectivity index (χ2v) is 8.69. The van der Waals surface area contributed by atoms with E-state index in [1.807, 2.05) is 43.3 Å². The molecule has 0 spiro atoms. The molecule has 2 amide bonds. The number of hydrogen-bond donors (Lipinski definition) is 1. The van der Waals surface area contributed by atoms with Crippen molar-refractivity contribution < 1.29 is 14.3 Å². The maximum absolute atomic E-state index is 12.8. The molecule has 0 saturated carbocycles. The zero-order chi connectivity index (χ0) is 21.8. The Bertz CT molecular complexity index is 923. The molecule has 0 aromatic heterocycles. The number of ether oxygens (including phenoxy) is 2. The van der Waals surface area contributed by atoms with Gasteiger partial charge in [-0.1, -0.05) is 29.8 Å². The molecule has 2 aromatic carbocycles. The molecule has 166 valence electrons. The van der Waals surface area contributed by atoms with Gasteiger partial charge < -0.3 is 24.6 Å². The first-order chi connectivity index (χ1) is 15.0. The fourth-order valence-corrected chi connectivity index (χ4v) is 4.41. The van der Waals surface area contributed by atoms with Gasteiger partial charge in [-0.25, -0.2) is 4.79 Å². The number of carbonyl (C=O) groups excluding carboxylic acids is 1. The van der Waals surface area contributed by atoms with Crippen molar-refractivity contribution in [2.45, 2.75) is 26.4 Å². The first-order valence-corrected chi connectivity index (χ1v) is 11.3. The molecule has 0 bridgehead atoms. The van der Waals surface area contributed by atoms with E-state index in [9.17, 15) is 4.79 Å². The highest BCUT2D eigenvalue weighted by Crippen LogP contribution is 2.31. The molecule has 2 unspecified atom stereocenters. The Hall–Kier alpha value is -2.60. The number of urea groups is 1. The fourth-order valence-electron chi connectivity index (χ4n) is 4.24. The lowest BCUT2D eigenvalue weighted by atomic mass is 10.1. The average Bonchev–Trinajstić information content (AvgIpc) is 3.26. The molecule has 6 nitrogen and oxygen atoms in total. The number of aryl methyl sites for hydroxylation is 1. The molecule has 1 N–H and O–H groups in total. The number of rotatable bonds is 6. The van der Waals surface area contributed by atoms with Crippen molar-refractivity contribution in [2.75, 3.05) is 44.2 Å². The number of fused-ring (bicyclic) bond motifs is 1. The van der Waals surface area contributed by atoms with Gasteiger partial charge in [-0.3, -0.25) is 0 Å². The average molecular weight is 444 g/mol. The van der Waals surface area contributed by atoms with Gasteiger partial charge in [-0.05, 0) is 56.0 Å². The van der Waals surface area contributed by atoms with E-state index < -0.39 is 0 Å². The predicted molar refractivity (Wildman–Crippen MR) is 124 cm³/mol. The number of carbonyl (C=O) groups is 1. The van der Waals surface area contributed by atoms with E-state index in [1.165, 1.54) is 11.3 Å². The Balaban J connectivity index is 1.26. The summed E-state index contributed by atoms with van der Waals surface area (Å²) in [4.78, 5) is 16.9. The van der Waals surface area contributed by atoms with Gasteiger partial charge in [-0.2, -0.15) is 0 Å². The lowest BCUT2D eigenvalue weighted by molar-refractivity contribution is 0.0674. The van der Waals surface area contributed by atoms with Crippen LogP contribution >= 0.6 is 11.6 Å². The van der Waals surface area contributed by atoms with Gasteiger partial charge in [0.25, 0.3) is 0 Å². The largest absolute Gasteiger partial charge is 0.486 e. The fraction of sp³-hybridized carbons (Fsp3) is 0.458. The van der Waals surface area contributed by atoms with E-state index in [0.29, 0.717) is 32.2 Å². The molecular weight excluding hydrogens is 414 g/mol. The van der Waals surface area contributed by atoms with Crippen LogP contribution in [0.4, 0.5) is 10.5 Å². The smallest absolute Gasteiger partial charge is 0.317 e. The van der Waals surface area contributed by atoms with Gasteiger partial charge in [0, 0.05) is 36.9 Å². The van der Waals surface area contributed by atoms with E-state index in [2.05, 4.69) is 23.2 Å². The summed E-state index contributed by atoms with van der Waals surface area (Å²) in [5.74, 6) is 1.91. The first-order valence-electron chi connectivity index (χ1n) is 11.0. The molecule has 1 fully saturated rings. The van der Waals surface area contributed by atoms with Crippen molar-refractivity contribution in [1.82, 2.24) is 10.2 Å². The molecule has 0 aliphatic carbocycles. The highest BCUT2D eigenvalue weighted by atomic mass is 35.5. The SMILES string of the molecule is CCN(CC1COc2ccccc2O1)C(=O)NCC1CCN(c2cc(Cl)ccc2C)C1. The number of halogens is 1. The Morgan fingerprint density at radius 1 is 1.26 bits per heavy atom. The Labute approximate surface area is 189 Å². The predicted octanol–water partition coefficient (Wildman–Crippen LogP) is 4.35. The molecular formula is C24H30ClN3O3. The van der Waals surface area contributed by atoms with Crippen LogP contribution in [0.2, 0.25) is 5.02 Å². The molecule has 4 rings (SSSR count). The van der Waals surface area contributed by atoms with Crippen LogP contribution in [-0.2, 0) is 0 Å². The number of nitrogens with one attached hydrogen (secondary N) is 1. The lowest BCUT2D eigenvalue weighted by Gasteiger charge is -2.31. The van der Waals surface area contributed by atoms with Gasteiger partial charge in [0.05, 0.1) is 6.54 Å². The summed E-state index contributed by atoms with van der Waals surface area (Å²) in [6.45, 7) is 8.20. The highest BCUT2D eigenvalue weighted by molar-refractivity contribution is 6.30. The van der Waals surface area contributed by atoms with Crippen LogP contribution in [-0.4, -0.2) is 56.4 Å². The maximum atomic E-state index is 12.8. The van der Waals surface area contributed by atoms with Gasteiger partial charge in [0.1, 0.15) is 6.61 Å². The number of nitrogens with zero attached hydrogens (tertiary/aromatic N) is 2. The van der Waals surface area contributed by atoms with E-state index in [0.717, 1.165) is 36.0 Å². The van der Waals surface area contributed by atoms with Gasteiger partial charge in [0.2, 0.25) is 0 Å². The Kier molecular flexibility index (Phi) is 6.76. The molecule has 2 aliphatic heterocycles. The minimum absolute atomic E-state index is 0.0534. The molecule has 2 aromatic rings. The summed E-state index contributed by atoms with van der Waals surface area (Å²) in [6.07, 6.45) is 0.878. The Morgan fingerprint density at radius 3 is 2.87 bits per heavy atom. The van der Waals surface area contributed by atoms with Crippen molar-refractivity contribution in [1.29, 1.82) is 0 Å². The summed E-state index contributed by atoms with van der Waals surface area (Å²) in [6, 6.07) is 13.6. The van der Waals surface area contributed by atoms with Crippen LogP contribution in [0, 0.1) is 12.8 Å². The van der Waals surface area contributed by atoms with Gasteiger partial charge in [0.15, 0.2) is 17.6 Å². The summed E-state index contributed by atoms with van der Waals surface area (Å²) < 4.78 is 11.8. The van der Waals surface area contributed by atoms with E-state index in [-0.39, 0.29) is 12.1 Å². The van der Waals surface area contributed by atoms with Crippen LogP contribution in [0.1, 0.15) is 18.9 Å². The van der Waals surface area contributed by atoms with Crippen LogP contribution in [0.3, 0.4) is 0 Å². The molecule has 2 aliphatic rings. The quantitative estimate of drug-likeness (QED) is 0.721. The summed E-state index contributed by atoms with van der Waals surface area (Å²) in [7, 11) is 0. The summed E-state index contributed by atoms with van der Waals surface area (Å²) in [5, 5.41) is 3.88. The summed E-state index contributed by atoms with van der Waals surface area (Å²) >= 11 is 6.18. The zero-order valence-corrected chi connectivity index (χ0v) is 18.9. The zero-order valence-electron chi connectivity index (χ0n) is 18.1. The minimum atomic E-state index is -0.173. The van der Waals surface area contributed by atoms with Crippen LogP contribution in [0.15, 0.2) is 42.5 Å². The lowest BCUT2D eigenvalue weighted by Crippen LogP contribution is -2.48. The third-order valence-electron chi connectivity index (χ3n) is 6.00. The molecule has 7 heteroatoms. The number of likely N-dealkylation sites (N-methyl/N-ethyl adjacent to an activating group) is 1. The highest BCUT2D eigenvalue weighted by Gasteiger charge is 2.27. The number of benzene rings is 2. The second-order valence-electron chi connectivity index (χ2n) is 8.25. The number of hydrogen-bond acceptors (Lipinski definition) is 4. The topological polar surface area (TPSA) is 54.0 Å². The van der Waals surface area contributed by atoms with E-state index in [1.54, 1.807) is 4.90 Å². The molecule has 31 heavy (non-hydrogen) atoms. The number of para-hydroxylation sites is 2. The Morgan fingerprint density at radius 2 is 2.06 bits per heavy atom. The third-order valence-corrected chi connectivity index (χ3v) is 6.24. The third kappa shape index (κ3) is 5.18. The van der Waals surface area contributed by atoms with Crippen LogP contribution < -0.4 is 19.7 Å². The van der Waals surface area contributed by atoms with Crippen molar-refractivity contribution >= 4 is 23.3 Å². The number of anilines is 1. The van der Waals surface area contributed by atoms with Gasteiger partial charge in [-0.15, -0.1) is 0 Å². The molecule has 1 saturated heterocycles. The number of amides is 2. The van der Waals surface area contributed by atoms with E-state index >= 15 is 0 Å².